The summed E-state index contributed by atoms with van der Waals surface area (Å²) in [7, 11) is 0. The van der Waals surface area contributed by atoms with Crippen molar-refractivity contribution < 1.29 is 9.59 Å². The van der Waals surface area contributed by atoms with Crippen LogP contribution >= 0.6 is 0 Å². The molecule has 4 nitrogen and oxygen atoms in total. The Morgan fingerprint density at radius 2 is 1.47 bits per heavy atom. The molecule has 0 aliphatic rings. The standard InChI is InChI=1S/C13H25N2O2/c1-2-3-4-5-6-7-8-9-10-11-14-13(17)15-12-16/h2-11H2,1H3,(H2,14,15,16,17). The van der Waals surface area contributed by atoms with Crippen LogP contribution < -0.4 is 10.6 Å². The molecule has 0 rings (SSSR count). The Hall–Kier alpha value is -1.06. The highest BCUT2D eigenvalue weighted by molar-refractivity contribution is 5.84. The van der Waals surface area contributed by atoms with Crippen LogP contribution in [0.2, 0.25) is 0 Å². The fraction of sp³-hybridized carbons (Fsp3) is 0.846. The minimum atomic E-state index is -0.459. The average Bonchev–Trinajstić information content (AvgIpc) is 2.32. The van der Waals surface area contributed by atoms with E-state index in [9.17, 15) is 9.59 Å². The molecule has 0 aliphatic heterocycles. The molecule has 0 atom stereocenters. The molecule has 0 unspecified atom stereocenters. The molecule has 1 radical (unpaired) electrons. The van der Waals surface area contributed by atoms with E-state index in [-0.39, 0.29) is 0 Å². The highest BCUT2D eigenvalue weighted by atomic mass is 16.2. The number of imide groups is 1. The normalized spacial score (nSPS) is 9.94. The van der Waals surface area contributed by atoms with Crippen LogP contribution in [-0.4, -0.2) is 19.0 Å². The number of hydrogen-bond donors (Lipinski definition) is 2. The lowest BCUT2D eigenvalue weighted by Crippen LogP contribution is -2.34. The smallest absolute Gasteiger partial charge is 0.321 e. The molecule has 0 aromatic carbocycles. The van der Waals surface area contributed by atoms with Gasteiger partial charge in [-0.25, -0.2) is 4.79 Å². The quantitative estimate of drug-likeness (QED) is 0.431. The van der Waals surface area contributed by atoms with Crippen LogP contribution in [0.3, 0.4) is 0 Å². The summed E-state index contributed by atoms with van der Waals surface area (Å²) >= 11 is 0. The van der Waals surface area contributed by atoms with Crippen molar-refractivity contribution in [3.8, 4) is 0 Å². The second kappa shape index (κ2) is 13.0. The van der Waals surface area contributed by atoms with Gasteiger partial charge in [0.1, 0.15) is 0 Å². The summed E-state index contributed by atoms with van der Waals surface area (Å²) in [5, 5.41) is 4.51. The Bertz CT molecular complexity index is 196. The van der Waals surface area contributed by atoms with Crippen molar-refractivity contribution in [2.45, 2.75) is 64.7 Å². The van der Waals surface area contributed by atoms with Crippen LogP contribution in [0.4, 0.5) is 4.79 Å². The van der Waals surface area contributed by atoms with Gasteiger partial charge in [-0.1, -0.05) is 58.3 Å². The van der Waals surface area contributed by atoms with Crippen molar-refractivity contribution in [2.24, 2.45) is 0 Å². The first-order valence-corrected chi connectivity index (χ1v) is 6.72. The molecule has 0 aromatic heterocycles. The lowest BCUT2D eigenvalue weighted by molar-refractivity contribution is 0.244. The first-order chi connectivity index (χ1) is 8.31. The molecule has 2 N–H and O–H groups in total. The molecule has 0 fully saturated rings. The van der Waals surface area contributed by atoms with Gasteiger partial charge in [0.2, 0.25) is 0 Å². The van der Waals surface area contributed by atoms with E-state index < -0.39 is 6.03 Å². The predicted molar refractivity (Wildman–Crippen MR) is 69.5 cm³/mol. The molecule has 0 aromatic rings. The van der Waals surface area contributed by atoms with Gasteiger partial charge in [-0.3, -0.25) is 10.1 Å². The van der Waals surface area contributed by atoms with E-state index in [1.54, 1.807) is 0 Å². The number of hydrogen-bond acceptors (Lipinski definition) is 2. The van der Waals surface area contributed by atoms with Gasteiger partial charge in [0.25, 0.3) is 0 Å². The summed E-state index contributed by atoms with van der Waals surface area (Å²) < 4.78 is 0. The van der Waals surface area contributed by atoms with E-state index in [4.69, 9.17) is 0 Å². The summed E-state index contributed by atoms with van der Waals surface area (Å²) in [5.41, 5.74) is 0. The molecule has 4 heteroatoms. The van der Waals surface area contributed by atoms with Crippen molar-refractivity contribution in [1.29, 1.82) is 0 Å². The molecular formula is C13H25N2O2. The van der Waals surface area contributed by atoms with Gasteiger partial charge in [0, 0.05) is 6.54 Å². The Kier molecular flexibility index (Phi) is 12.2. The van der Waals surface area contributed by atoms with Gasteiger partial charge in [-0.15, -0.1) is 0 Å². The highest BCUT2D eigenvalue weighted by Gasteiger charge is 1.97. The number of nitrogens with one attached hydrogen (secondary N) is 2. The van der Waals surface area contributed by atoms with Crippen molar-refractivity contribution in [3.05, 3.63) is 0 Å². The number of unbranched alkanes of at least 4 members (excludes halogenated alkanes) is 8. The molecular weight excluding hydrogens is 216 g/mol. The molecule has 17 heavy (non-hydrogen) atoms. The number of carbonyl (C=O) groups excluding carboxylic acids is 2. The zero-order valence-electron chi connectivity index (χ0n) is 10.9. The van der Waals surface area contributed by atoms with Crippen molar-refractivity contribution in [3.63, 3.8) is 0 Å². The molecule has 0 heterocycles. The van der Waals surface area contributed by atoms with Crippen LogP contribution in [-0.2, 0) is 4.79 Å². The number of urea groups is 1. The van der Waals surface area contributed by atoms with Crippen LogP contribution in [0.1, 0.15) is 64.7 Å². The zero-order chi connectivity index (χ0) is 12.8. The summed E-state index contributed by atoms with van der Waals surface area (Å²) in [6.45, 7) is 2.86. The van der Waals surface area contributed by atoms with E-state index in [0.717, 1.165) is 12.8 Å². The molecule has 3 amide bonds. The fourth-order valence-electron chi connectivity index (χ4n) is 1.73. The Labute approximate surface area is 105 Å². The summed E-state index contributed by atoms with van der Waals surface area (Å²) in [5.74, 6) is 0. The fourth-order valence-corrected chi connectivity index (χ4v) is 1.73. The minimum Gasteiger partial charge on any atom is -0.338 e. The van der Waals surface area contributed by atoms with Gasteiger partial charge in [-0.05, 0) is 6.42 Å². The number of rotatable bonds is 11. The first kappa shape index (κ1) is 15.9. The van der Waals surface area contributed by atoms with Crippen LogP contribution in [0.15, 0.2) is 0 Å². The SMILES string of the molecule is CCCCCCCCCCCNC(=O)N[C]=O. The lowest BCUT2D eigenvalue weighted by atomic mass is 10.1. The minimum absolute atomic E-state index is 0.459. The maximum absolute atomic E-state index is 10.8. The van der Waals surface area contributed by atoms with Crippen LogP contribution in [0.25, 0.3) is 0 Å². The third-order valence-corrected chi connectivity index (χ3v) is 2.73. The summed E-state index contributed by atoms with van der Waals surface area (Å²) in [4.78, 5) is 20.6. The van der Waals surface area contributed by atoms with Gasteiger partial charge < -0.3 is 5.32 Å². The number of amides is 3. The maximum Gasteiger partial charge on any atom is 0.321 e. The first-order valence-electron chi connectivity index (χ1n) is 6.72. The Morgan fingerprint density at radius 3 is 2.00 bits per heavy atom. The molecule has 0 spiro atoms. The van der Waals surface area contributed by atoms with E-state index in [1.807, 2.05) is 5.32 Å². The van der Waals surface area contributed by atoms with Gasteiger partial charge in [0.15, 0.2) is 0 Å². The second-order valence-corrected chi connectivity index (χ2v) is 4.31. The molecule has 0 aliphatic carbocycles. The van der Waals surface area contributed by atoms with Crippen LogP contribution in [0, 0.1) is 0 Å². The number of carbonyl (C=O) groups is 1. The van der Waals surface area contributed by atoms with E-state index in [2.05, 4.69) is 12.2 Å². The molecule has 0 saturated heterocycles. The summed E-state index contributed by atoms with van der Waals surface area (Å²) in [6, 6.07) is -0.459. The van der Waals surface area contributed by atoms with Crippen LogP contribution in [0.5, 0.6) is 0 Å². The Balaban J connectivity index is 3.03. The van der Waals surface area contributed by atoms with E-state index in [1.165, 1.54) is 51.4 Å². The second-order valence-electron chi connectivity index (χ2n) is 4.31. The maximum atomic E-state index is 10.8. The third-order valence-electron chi connectivity index (χ3n) is 2.73. The predicted octanol–water partition coefficient (Wildman–Crippen LogP) is 2.88. The zero-order valence-corrected chi connectivity index (χ0v) is 10.9. The van der Waals surface area contributed by atoms with Crippen molar-refractivity contribution in [2.75, 3.05) is 6.54 Å². The molecule has 0 bridgehead atoms. The van der Waals surface area contributed by atoms with Crippen molar-refractivity contribution >= 4 is 12.4 Å². The molecule has 99 valence electrons. The van der Waals surface area contributed by atoms with Gasteiger partial charge >= 0.3 is 12.4 Å². The van der Waals surface area contributed by atoms with Gasteiger partial charge in [0.05, 0.1) is 0 Å². The monoisotopic (exact) mass is 241 g/mol. The molecule has 0 saturated carbocycles. The van der Waals surface area contributed by atoms with E-state index in [0.29, 0.717) is 6.54 Å². The van der Waals surface area contributed by atoms with Gasteiger partial charge in [-0.2, -0.15) is 0 Å². The largest absolute Gasteiger partial charge is 0.338 e. The van der Waals surface area contributed by atoms with E-state index >= 15 is 0 Å². The summed E-state index contributed by atoms with van der Waals surface area (Å²) in [6.07, 6.45) is 12.7. The van der Waals surface area contributed by atoms with Crippen molar-refractivity contribution in [1.82, 2.24) is 10.6 Å². The Morgan fingerprint density at radius 1 is 0.941 bits per heavy atom. The lowest BCUT2D eigenvalue weighted by Gasteiger charge is -2.03. The highest BCUT2D eigenvalue weighted by Crippen LogP contribution is 2.08. The topological polar surface area (TPSA) is 58.2 Å². The average molecular weight is 241 g/mol. The third kappa shape index (κ3) is 12.9.